The van der Waals surface area contributed by atoms with Crippen molar-refractivity contribution in [3.05, 3.63) is 0 Å². The Morgan fingerprint density at radius 2 is 1.02 bits per heavy atom. The molecular formula is C39H69N7O19. The van der Waals surface area contributed by atoms with Crippen LogP contribution in [0.3, 0.4) is 0 Å². The summed E-state index contributed by atoms with van der Waals surface area (Å²) >= 11 is 0. The predicted octanol–water partition coefficient (Wildman–Crippen LogP) is -7.37. The number of aliphatic hydroxyl groups is 8. The van der Waals surface area contributed by atoms with Crippen LogP contribution in [0.5, 0.6) is 0 Å². The highest BCUT2D eigenvalue weighted by atomic mass is 16.7. The van der Waals surface area contributed by atoms with E-state index in [0.717, 1.165) is 0 Å². The van der Waals surface area contributed by atoms with E-state index >= 15 is 0 Å². The maximum atomic E-state index is 12.8. The number of aliphatic hydroxyl groups excluding tert-OH is 8. The lowest BCUT2D eigenvalue weighted by atomic mass is 9.99. The van der Waals surface area contributed by atoms with Crippen molar-refractivity contribution in [2.24, 2.45) is 11.5 Å². The molecule has 2 fully saturated rings. The molecule has 2 aliphatic rings. The molecule has 6 amide bonds. The van der Waals surface area contributed by atoms with Gasteiger partial charge in [0.2, 0.25) is 35.4 Å². The number of unbranched alkanes of at least 4 members (excludes halogenated alkanes) is 3. The molecule has 2 aliphatic heterocycles. The van der Waals surface area contributed by atoms with Crippen LogP contribution in [0.1, 0.15) is 79.1 Å². The van der Waals surface area contributed by atoms with E-state index in [9.17, 15) is 74.4 Å². The number of carbonyl (C=O) groups excluding carboxylic acids is 7. The number of nitrogens with two attached hydrogens (primary N) is 2. The number of nitrogens with one attached hydrogen (secondary N) is 5. The zero-order valence-electron chi connectivity index (χ0n) is 36.9. The normalized spacial score (nSPS) is 28.4. The molecule has 17 N–H and O–H groups in total. The maximum Gasteiger partial charge on any atom is 0.249 e. The molecule has 0 aromatic rings. The first-order chi connectivity index (χ1) is 30.5. The van der Waals surface area contributed by atoms with Crippen LogP contribution in [0.2, 0.25) is 0 Å². The smallest absolute Gasteiger partial charge is 0.249 e. The van der Waals surface area contributed by atoms with Crippen LogP contribution in [0, 0.1) is 0 Å². The van der Waals surface area contributed by atoms with Crippen LogP contribution < -0.4 is 38.1 Å². The largest absolute Gasteiger partial charge is 0.394 e. The highest BCUT2D eigenvalue weighted by Gasteiger charge is 2.47. The van der Waals surface area contributed by atoms with Gasteiger partial charge in [-0.2, -0.15) is 0 Å². The first-order valence-electron chi connectivity index (χ1n) is 21.5. The van der Waals surface area contributed by atoms with Crippen LogP contribution in [-0.2, 0) is 52.5 Å². The molecule has 2 saturated heterocycles. The molecule has 16 atom stereocenters. The van der Waals surface area contributed by atoms with Gasteiger partial charge in [0, 0.05) is 19.4 Å². The molecule has 0 bridgehead atoms. The van der Waals surface area contributed by atoms with Gasteiger partial charge in [0.15, 0.2) is 18.4 Å². The molecule has 0 saturated carbocycles. The van der Waals surface area contributed by atoms with E-state index in [0.29, 0.717) is 38.8 Å². The SMILES string of the molecule is CC(O[C@H]1[C@H](O)[C@@H](CO)OC(O)[C@@H]1O)C(=O)N[C@@H](C)C(=O)CC[C@@H](NCCCCCCNC(=O)CC[C@@H](NC(=O)[C@H](C)NC(=O)C(C)O[C@H]1[C@H](O)[C@@H](CO)OC(O)[C@@H]1O)C(N)=O)C(N)=O. The summed E-state index contributed by atoms with van der Waals surface area (Å²) in [4.78, 5) is 87.5. The second-order valence-corrected chi connectivity index (χ2v) is 16.1. The summed E-state index contributed by atoms with van der Waals surface area (Å²) in [5, 5.41) is 92.1. The fourth-order valence-corrected chi connectivity index (χ4v) is 6.76. The van der Waals surface area contributed by atoms with Crippen LogP contribution in [0.15, 0.2) is 0 Å². The summed E-state index contributed by atoms with van der Waals surface area (Å²) in [6.07, 6.45) is -16.1. The molecule has 374 valence electrons. The van der Waals surface area contributed by atoms with Gasteiger partial charge in [0.05, 0.1) is 25.3 Å². The molecule has 0 aromatic heterocycles. The Hall–Kier alpha value is -4.03. The van der Waals surface area contributed by atoms with Crippen molar-refractivity contribution in [2.45, 2.75) is 177 Å². The molecule has 0 spiro atoms. The number of amides is 6. The fraction of sp³-hybridized carbons (Fsp3) is 0.821. The second-order valence-electron chi connectivity index (χ2n) is 16.1. The number of rotatable bonds is 29. The van der Waals surface area contributed by atoms with E-state index in [1.807, 2.05) is 0 Å². The third-order valence-electron chi connectivity index (χ3n) is 10.9. The average Bonchev–Trinajstić information content (AvgIpc) is 3.25. The first-order valence-corrected chi connectivity index (χ1v) is 21.5. The Kier molecular flexibility index (Phi) is 24.8. The quantitative estimate of drug-likeness (QED) is 0.0310. The fourth-order valence-electron chi connectivity index (χ4n) is 6.76. The molecule has 0 radical (unpaired) electrons. The minimum Gasteiger partial charge on any atom is -0.394 e. The Morgan fingerprint density at radius 3 is 1.48 bits per heavy atom. The first kappa shape index (κ1) is 57.1. The lowest BCUT2D eigenvalue weighted by Gasteiger charge is -2.40. The lowest BCUT2D eigenvalue weighted by Crippen LogP contribution is -2.61. The second kappa shape index (κ2) is 28.2. The molecule has 65 heavy (non-hydrogen) atoms. The van der Waals surface area contributed by atoms with Crippen molar-refractivity contribution in [1.29, 1.82) is 0 Å². The highest BCUT2D eigenvalue weighted by Crippen LogP contribution is 2.25. The Bertz CT molecular complexity index is 1570. The summed E-state index contributed by atoms with van der Waals surface area (Å²) in [5.41, 5.74) is 11.0. The van der Waals surface area contributed by atoms with Gasteiger partial charge in [-0.15, -0.1) is 0 Å². The van der Waals surface area contributed by atoms with E-state index in [1.54, 1.807) is 0 Å². The van der Waals surface area contributed by atoms with Crippen molar-refractivity contribution < 1.29 is 93.4 Å². The van der Waals surface area contributed by atoms with Gasteiger partial charge in [0.25, 0.3) is 0 Å². The number of Topliss-reactive ketones (excluding diaryl/α,β-unsaturated/α-hetero) is 1. The molecule has 26 heteroatoms. The summed E-state index contributed by atoms with van der Waals surface area (Å²) in [7, 11) is 0. The van der Waals surface area contributed by atoms with E-state index < -0.39 is 152 Å². The number of hydrogen-bond donors (Lipinski definition) is 15. The lowest BCUT2D eigenvalue weighted by molar-refractivity contribution is -0.298. The standard InChI is InChI=1S/C39H69N7O19/c1-17(44-36(58)19(3)62-31-27(51)24(15-47)64-38(60)29(31)53)23(49)11-9-21(33(40)55)42-13-7-5-6-8-14-43-26(50)12-10-22(34(41)56)46-35(57)18(2)45-37(59)20(4)63-32-28(52)25(16-48)65-39(61)30(32)54/h17-22,24-25,27-32,38-39,42,47-48,51-54,60-61H,5-16H2,1-4H3,(H2,40,55)(H2,41,56)(H,43,50)(H,44,58)(H,45,59)(H,46,57)/t17-,18-,19?,20?,21+,22+,24+,25+,27+,28+,29+,30+,31-,32-,38?,39?/m0/s1. The summed E-state index contributed by atoms with van der Waals surface area (Å²) in [6.45, 7) is 4.60. The number of ether oxygens (including phenoxy) is 4. The Labute approximate surface area is 375 Å². The average molecular weight is 940 g/mol. The topological polar surface area (TPSA) is 430 Å². The maximum absolute atomic E-state index is 12.8. The Balaban J connectivity index is 1.65. The molecular weight excluding hydrogens is 870 g/mol. The molecule has 2 heterocycles. The summed E-state index contributed by atoms with van der Waals surface area (Å²) < 4.78 is 20.6. The van der Waals surface area contributed by atoms with Gasteiger partial charge < -0.3 is 97.9 Å². The molecule has 26 nitrogen and oxygen atoms in total. The third-order valence-corrected chi connectivity index (χ3v) is 10.9. The molecule has 2 rings (SSSR count). The summed E-state index contributed by atoms with van der Waals surface area (Å²) in [6, 6.07) is -4.32. The minimum absolute atomic E-state index is 0.0502. The van der Waals surface area contributed by atoms with E-state index in [1.165, 1.54) is 27.7 Å². The van der Waals surface area contributed by atoms with E-state index in [-0.39, 0.29) is 25.7 Å². The number of hydrogen-bond acceptors (Lipinski definition) is 20. The third kappa shape index (κ3) is 18.3. The number of primary amides is 2. The van der Waals surface area contributed by atoms with Crippen molar-refractivity contribution in [1.82, 2.24) is 26.6 Å². The highest BCUT2D eigenvalue weighted by molar-refractivity contribution is 5.92. The van der Waals surface area contributed by atoms with Crippen LogP contribution in [0.4, 0.5) is 0 Å². The Morgan fingerprint density at radius 1 is 0.569 bits per heavy atom. The van der Waals surface area contributed by atoms with Gasteiger partial charge in [-0.05, 0) is 59.9 Å². The molecule has 4 unspecified atom stereocenters. The zero-order valence-corrected chi connectivity index (χ0v) is 36.9. The summed E-state index contributed by atoms with van der Waals surface area (Å²) in [5.74, 6) is -4.84. The molecule has 0 aromatic carbocycles. The predicted molar refractivity (Wildman–Crippen MR) is 221 cm³/mol. The van der Waals surface area contributed by atoms with Crippen molar-refractivity contribution in [2.75, 3.05) is 26.3 Å². The van der Waals surface area contributed by atoms with E-state index in [4.69, 9.17) is 30.4 Å². The van der Waals surface area contributed by atoms with Crippen LogP contribution in [-0.4, -0.2) is 206 Å². The van der Waals surface area contributed by atoms with Gasteiger partial charge in [0.1, 0.15) is 73.1 Å². The van der Waals surface area contributed by atoms with Gasteiger partial charge in [-0.1, -0.05) is 12.8 Å². The zero-order chi connectivity index (χ0) is 49.1. The van der Waals surface area contributed by atoms with Gasteiger partial charge in [-0.3, -0.25) is 33.6 Å². The van der Waals surface area contributed by atoms with Gasteiger partial charge in [-0.25, -0.2) is 0 Å². The number of carbonyl (C=O) groups is 7. The monoisotopic (exact) mass is 939 g/mol. The minimum atomic E-state index is -1.80. The van der Waals surface area contributed by atoms with E-state index in [2.05, 4.69) is 26.6 Å². The number of ketones is 1. The van der Waals surface area contributed by atoms with Gasteiger partial charge >= 0.3 is 0 Å². The van der Waals surface area contributed by atoms with Crippen LogP contribution in [0.25, 0.3) is 0 Å². The van der Waals surface area contributed by atoms with Crippen molar-refractivity contribution in [3.8, 4) is 0 Å². The van der Waals surface area contributed by atoms with Crippen molar-refractivity contribution >= 4 is 41.2 Å². The van der Waals surface area contributed by atoms with Crippen molar-refractivity contribution in [3.63, 3.8) is 0 Å². The molecule has 0 aliphatic carbocycles. The van der Waals surface area contributed by atoms with Crippen LogP contribution >= 0.6 is 0 Å².